The van der Waals surface area contributed by atoms with E-state index in [1.165, 1.54) is 0 Å². The summed E-state index contributed by atoms with van der Waals surface area (Å²) in [7, 11) is -5.17. The Labute approximate surface area is 57.3 Å². The first-order valence-corrected chi connectivity index (χ1v) is 2.41. The van der Waals surface area contributed by atoms with Crippen molar-refractivity contribution in [3.8, 4) is 0 Å². The first-order valence-electron chi connectivity index (χ1n) is 1.07. The van der Waals surface area contributed by atoms with Crippen LogP contribution in [0.4, 0.5) is 0 Å². The molecule has 0 unspecified atom stereocenters. The Morgan fingerprint density at radius 1 is 1.25 bits per heavy atom. The second-order valence-electron chi connectivity index (χ2n) is 0.408. The van der Waals surface area contributed by atoms with E-state index < -0.39 is 10.4 Å². The number of rotatable bonds is 0. The molecule has 0 spiro atoms. The van der Waals surface area contributed by atoms with Gasteiger partial charge in [-0.15, -0.1) is 0 Å². The molecule has 0 saturated carbocycles. The summed E-state index contributed by atoms with van der Waals surface area (Å²) in [6.07, 6.45) is 0. The van der Waals surface area contributed by atoms with Gasteiger partial charge in [0, 0.05) is 10.4 Å². The Morgan fingerprint density at radius 3 is 1.25 bits per heavy atom. The third kappa shape index (κ3) is 1860. The number of quaternary nitrogens is 1. The maximum absolute atomic E-state index is 8.52. The van der Waals surface area contributed by atoms with Gasteiger partial charge in [0.15, 0.2) is 0 Å². The molecule has 8 heavy (non-hydrogen) atoms. The van der Waals surface area contributed by atoms with Crippen molar-refractivity contribution < 1.29 is 40.4 Å². The van der Waals surface area contributed by atoms with Crippen LogP contribution in [0.25, 0.3) is 0 Å². The van der Waals surface area contributed by atoms with E-state index in [9.17, 15) is 0 Å². The van der Waals surface area contributed by atoms with Crippen LogP contribution in [0.15, 0.2) is 0 Å². The van der Waals surface area contributed by atoms with Crippen LogP contribution in [0.2, 0.25) is 0 Å². The second-order valence-corrected chi connectivity index (χ2v) is 1.22. The van der Waals surface area contributed by atoms with Crippen molar-refractivity contribution >= 4 is 10.4 Å². The summed E-state index contributed by atoms with van der Waals surface area (Å²) in [5.74, 6) is 7.00. The molecule has 0 atom stereocenters. The van der Waals surface area contributed by atoms with Gasteiger partial charge in [-0.2, -0.15) is 5.84 Å². The van der Waals surface area contributed by atoms with Crippen molar-refractivity contribution in [1.29, 1.82) is 0 Å². The van der Waals surface area contributed by atoms with Crippen molar-refractivity contribution in [1.82, 2.24) is 0 Å². The van der Waals surface area contributed by atoms with Gasteiger partial charge >= 0.3 is 17.1 Å². The SMILES string of the molecule is N[NH3+].O=S(=O)([O-])[O-].[Cu+]. The maximum atomic E-state index is 8.52. The second kappa shape index (κ2) is 7.31. The summed E-state index contributed by atoms with van der Waals surface area (Å²) >= 11 is 0. The van der Waals surface area contributed by atoms with Gasteiger partial charge in [0.25, 0.3) is 0 Å². The minimum atomic E-state index is -5.17. The third-order valence-electron chi connectivity index (χ3n) is 0. The fraction of sp³-hybridized carbons (Fsp3) is 0. The zero-order valence-corrected chi connectivity index (χ0v) is 5.39. The topological polar surface area (TPSA) is 134 Å². The number of nitrogens with two attached hydrogens (primary N) is 1. The van der Waals surface area contributed by atoms with Gasteiger partial charge in [-0.1, -0.05) is 0 Å². The van der Waals surface area contributed by atoms with Gasteiger partial charge in [-0.3, -0.25) is 14.3 Å². The molecule has 0 fully saturated rings. The van der Waals surface area contributed by atoms with E-state index in [4.69, 9.17) is 17.5 Å². The maximum Gasteiger partial charge on any atom is 1.00 e. The smallest absolute Gasteiger partial charge is 0.759 e. The Morgan fingerprint density at radius 2 is 1.25 bits per heavy atom. The minimum absolute atomic E-state index is 0. The minimum Gasteiger partial charge on any atom is -0.759 e. The average Bonchev–Trinajstić information content (AvgIpc) is 1.36. The molecule has 5 N–H and O–H groups in total. The van der Waals surface area contributed by atoms with E-state index in [2.05, 4.69) is 11.7 Å². The molecule has 0 amide bonds. The van der Waals surface area contributed by atoms with Gasteiger partial charge in [-0.25, -0.2) is 0 Å². The molecule has 0 bridgehead atoms. The van der Waals surface area contributed by atoms with Gasteiger partial charge in [-0.05, 0) is 0 Å². The van der Waals surface area contributed by atoms with Crippen LogP contribution in [0.5, 0.6) is 0 Å². The summed E-state index contributed by atoms with van der Waals surface area (Å²) in [5, 5.41) is 0. The zero-order chi connectivity index (χ0) is 6.50. The van der Waals surface area contributed by atoms with Crippen molar-refractivity contribution in [3.63, 3.8) is 0 Å². The summed E-state index contributed by atoms with van der Waals surface area (Å²) in [6, 6.07) is 0. The zero-order valence-electron chi connectivity index (χ0n) is 3.63. The Balaban J connectivity index is -0.0000000750. The van der Waals surface area contributed by atoms with Crippen molar-refractivity contribution in [2.45, 2.75) is 0 Å². The van der Waals surface area contributed by atoms with Gasteiger partial charge in [0.2, 0.25) is 0 Å². The summed E-state index contributed by atoms with van der Waals surface area (Å²) < 4.78 is 34.1. The van der Waals surface area contributed by atoms with Crippen LogP contribution >= 0.6 is 0 Å². The summed E-state index contributed by atoms with van der Waals surface area (Å²) in [4.78, 5) is 0. The number of hydrogen-bond acceptors (Lipinski definition) is 5. The van der Waals surface area contributed by atoms with Gasteiger partial charge in [0.1, 0.15) is 0 Å². The van der Waals surface area contributed by atoms with E-state index in [0.717, 1.165) is 0 Å². The van der Waals surface area contributed by atoms with E-state index in [0.29, 0.717) is 0 Å². The predicted octanol–water partition coefficient (Wildman–Crippen LogP) is -3.24. The fourth-order valence-electron chi connectivity index (χ4n) is 0. The predicted molar refractivity (Wildman–Crippen MR) is 17.6 cm³/mol. The Bertz CT molecular complexity index is 97.2. The third-order valence-corrected chi connectivity index (χ3v) is 0. The monoisotopic (exact) mass is 192 g/mol. The molecule has 0 aliphatic rings. The van der Waals surface area contributed by atoms with Crippen LogP contribution in [0.1, 0.15) is 0 Å². The quantitative estimate of drug-likeness (QED) is 0.137. The molecular formula is H5CuN2O4S. The van der Waals surface area contributed by atoms with E-state index >= 15 is 0 Å². The van der Waals surface area contributed by atoms with Crippen LogP contribution in [0, 0.1) is 0 Å². The molecule has 0 radical (unpaired) electrons. The molecule has 8 heteroatoms. The molecule has 0 heterocycles. The van der Waals surface area contributed by atoms with Crippen molar-refractivity contribution in [2.75, 3.05) is 0 Å². The molecule has 0 aliphatic heterocycles. The Hall–Kier alpha value is 0.309. The molecule has 0 aromatic rings. The molecule has 0 aromatic heterocycles. The van der Waals surface area contributed by atoms with Crippen molar-refractivity contribution in [2.24, 2.45) is 5.84 Å². The molecule has 0 aliphatic carbocycles. The van der Waals surface area contributed by atoms with Crippen molar-refractivity contribution in [3.05, 3.63) is 0 Å². The average molecular weight is 193 g/mol. The van der Waals surface area contributed by atoms with Crippen LogP contribution < -0.4 is 11.7 Å². The fourth-order valence-corrected chi connectivity index (χ4v) is 0. The Kier molecular flexibility index (Phi) is 14.4. The molecule has 0 rings (SSSR count). The van der Waals surface area contributed by atoms with Gasteiger partial charge < -0.3 is 9.11 Å². The summed E-state index contributed by atoms with van der Waals surface area (Å²) in [6.45, 7) is 0. The molecule has 0 aromatic carbocycles. The normalized spacial score (nSPS) is 8.00. The first-order chi connectivity index (χ1) is 3.00. The molecular weight excluding hydrogens is 188 g/mol. The standard InChI is InChI=1S/Cu.H4N2.H2O4S/c;1-2;1-5(2,3)4/h;1-2H2;(H2,1,2,3,4)/q+1;;/p-1. The van der Waals surface area contributed by atoms with E-state index in [1.54, 1.807) is 0 Å². The molecule has 6 nitrogen and oxygen atoms in total. The van der Waals surface area contributed by atoms with Gasteiger partial charge in [0.05, 0.1) is 0 Å². The van der Waals surface area contributed by atoms with Crippen LogP contribution in [-0.4, -0.2) is 17.5 Å². The van der Waals surface area contributed by atoms with Crippen LogP contribution in [-0.2, 0) is 27.5 Å². The molecule has 0 saturated heterocycles. The first kappa shape index (κ1) is 15.7. The van der Waals surface area contributed by atoms with E-state index in [-0.39, 0.29) is 17.1 Å². The van der Waals surface area contributed by atoms with Crippen LogP contribution in [0.3, 0.4) is 0 Å². The van der Waals surface area contributed by atoms with E-state index in [1.807, 2.05) is 0 Å². The molecule has 56 valence electrons. The largest absolute Gasteiger partial charge is 1.00 e. The summed E-state index contributed by atoms with van der Waals surface area (Å²) in [5.41, 5.74) is 0. The number of hydrogen-bond donors (Lipinski definition) is 2.